The standard InChI is InChI=1S/C33H32Cl2N2O4/c1-19(35)25-18-37(27-15-29(39)22-9-3-5-11-24(22)33(25)27)31(41)13-7-6-12-30(40)36-17-20(16-34)32-23-10-4-2-8-21(23)28(38)14-26(32)36/h2-5,8-11,14-15,19-20,25,38-39H,6-7,12-13,16-18H2,1H3/t19-,20+,25-/m0/s1. The van der Waals surface area contributed by atoms with Gasteiger partial charge in [-0.15, -0.1) is 23.2 Å². The molecule has 2 aliphatic rings. The minimum Gasteiger partial charge on any atom is -0.507 e. The fourth-order valence-electron chi connectivity index (χ4n) is 6.59. The minimum atomic E-state index is -0.186. The Morgan fingerprint density at radius 2 is 1.27 bits per heavy atom. The van der Waals surface area contributed by atoms with Gasteiger partial charge < -0.3 is 20.0 Å². The molecule has 0 aromatic heterocycles. The molecular weight excluding hydrogens is 559 g/mol. The number of hydrogen-bond acceptors (Lipinski definition) is 4. The number of anilines is 2. The van der Waals surface area contributed by atoms with Crippen molar-refractivity contribution in [3.8, 4) is 11.5 Å². The van der Waals surface area contributed by atoms with Crippen molar-refractivity contribution in [2.45, 2.75) is 49.8 Å². The molecule has 0 aliphatic carbocycles. The molecule has 6 nitrogen and oxygen atoms in total. The first-order valence-electron chi connectivity index (χ1n) is 14.1. The molecule has 0 bridgehead atoms. The second-order valence-corrected chi connectivity index (χ2v) is 12.1. The van der Waals surface area contributed by atoms with Gasteiger partial charge in [0.05, 0.1) is 11.4 Å². The maximum Gasteiger partial charge on any atom is 0.227 e. The number of alkyl halides is 2. The highest BCUT2D eigenvalue weighted by molar-refractivity contribution is 6.21. The Morgan fingerprint density at radius 1 is 0.805 bits per heavy atom. The van der Waals surface area contributed by atoms with Gasteiger partial charge in [0, 0.05) is 71.9 Å². The molecule has 2 N–H and O–H groups in total. The molecule has 0 radical (unpaired) electrons. The normalized spacial score (nSPS) is 18.6. The van der Waals surface area contributed by atoms with Crippen molar-refractivity contribution in [1.82, 2.24) is 0 Å². The zero-order valence-electron chi connectivity index (χ0n) is 22.8. The average Bonchev–Trinajstić information content (AvgIpc) is 3.55. The number of phenolic OH excluding ortho intramolecular Hbond substituents is 2. The molecule has 2 aliphatic heterocycles. The van der Waals surface area contributed by atoms with Crippen molar-refractivity contribution < 1.29 is 19.8 Å². The van der Waals surface area contributed by atoms with Crippen LogP contribution < -0.4 is 9.80 Å². The van der Waals surface area contributed by atoms with E-state index in [1.54, 1.807) is 21.9 Å². The molecule has 41 heavy (non-hydrogen) atoms. The molecule has 0 saturated heterocycles. The summed E-state index contributed by atoms with van der Waals surface area (Å²) >= 11 is 12.9. The number of carbonyl (C=O) groups excluding carboxylic acids is 2. The first kappa shape index (κ1) is 27.7. The third-order valence-corrected chi connectivity index (χ3v) is 9.28. The summed E-state index contributed by atoms with van der Waals surface area (Å²) in [6.07, 6.45) is 1.69. The maximum absolute atomic E-state index is 13.4. The largest absolute Gasteiger partial charge is 0.507 e. The summed E-state index contributed by atoms with van der Waals surface area (Å²) in [6, 6.07) is 18.6. The van der Waals surface area contributed by atoms with Gasteiger partial charge in [-0.2, -0.15) is 0 Å². The lowest BCUT2D eigenvalue weighted by Gasteiger charge is -2.20. The number of carbonyl (C=O) groups is 2. The summed E-state index contributed by atoms with van der Waals surface area (Å²) in [6.45, 7) is 2.88. The molecule has 0 spiro atoms. The number of aromatic hydroxyl groups is 2. The predicted molar refractivity (Wildman–Crippen MR) is 166 cm³/mol. The molecule has 3 atom stereocenters. The Labute approximate surface area is 249 Å². The second-order valence-electron chi connectivity index (χ2n) is 11.1. The van der Waals surface area contributed by atoms with Crippen LogP contribution in [-0.2, 0) is 9.59 Å². The Balaban J connectivity index is 1.14. The van der Waals surface area contributed by atoms with Crippen molar-refractivity contribution in [1.29, 1.82) is 0 Å². The molecule has 0 saturated carbocycles. The lowest BCUT2D eigenvalue weighted by atomic mass is 9.92. The van der Waals surface area contributed by atoms with Crippen LogP contribution in [0.2, 0.25) is 0 Å². The average molecular weight is 592 g/mol. The van der Waals surface area contributed by atoms with Crippen LogP contribution in [0.3, 0.4) is 0 Å². The summed E-state index contributed by atoms with van der Waals surface area (Å²) in [7, 11) is 0. The highest BCUT2D eigenvalue weighted by Gasteiger charge is 2.37. The van der Waals surface area contributed by atoms with Gasteiger partial charge in [-0.05, 0) is 41.7 Å². The van der Waals surface area contributed by atoms with Gasteiger partial charge in [0.15, 0.2) is 0 Å². The monoisotopic (exact) mass is 590 g/mol. The lowest BCUT2D eigenvalue weighted by Crippen LogP contribution is -2.31. The summed E-state index contributed by atoms with van der Waals surface area (Å²) in [5.41, 5.74) is 3.44. The van der Waals surface area contributed by atoms with Crippen LogP contribution >= 0.6 is 23.2 Å². The molecule has 6 rings (SSSR count). The van der Waals surface area contributed by atoms with Crippen LogP contribution in [0.1, 0.15) is 55.6 Å². The van der Waals surface area contributed by atoms with Gasteiger partial charge in [-0.1, -0.05) is 48.5 Å². The number of rotatable bonds is 7. The van der Waals surface area contributed by atoms with E-state index >= 15 is 0 Å². The van der Waals surface area contributed by atoms with E-state index < -0.39 is 0 Å². The van der Waals surface area contributed by atoms with E-state index in [0.717, 1.165) is 38.4 Å². The van der Waals surface area contributed by atoms with Crippen molar-refractivity contribution in [3.05, 3.63) is 71.8 Å². The van der Waals surface area contributed by atoms with Crippen LogP contribution in [0.15, 0.2) is 60.7 Å². The van der Waals surface area contributed by atoms with E-state index in [-0.39, 0.29) is 46.9 Å². The quantitative estimate of drug-likeness (QED) is 0.174. The van der Waals surface area contributed by atoms with Gasteiger partial charge in [0.1, 0.15) is 11.5 Å². The Hall–Kier alpha value is -3.48. The Bertz CT molecular complexity index is 1670. The summed E-state index contributed by atoms with van der Waals surface area (Å²) in [5, 5.41) is 24.5. The second kappa shape index (κ2) is 11.1. The van der Waals surface area contributed by atoms with Gasteiger partial charge in [-0.3, -0.25) is 9.59 Å². The van der Waals surface area contributed by atoms with E-state index in [4.69, 9.17) is 23.2 Å². The molecule has 4 aromatic carbocycles. The number of nitrogens with zero attached hydrogens (tertiary/aromatic N) is 2. The number of unbranched alkanes of at least 4 members (excludes halogenated alkanes) is 1. The SMILES string of the molecule is C[C@H](Cl)[C@@H]1CN(C(=O)CCCCC(=O)N2C[C@@H](CCl)c3c2cc(O)c2ccccc32)c2cc(O)c3ccccc3c21. The maximum atomic E-state index is 13.4. The minimum absolute atomic E-state index is 0.0114. The molecule has 2 amide bonds. The summed E-state index contributed by atoms with van der Waals surface area (Å²) < 4.78 is 0. The highest BCUT2D eigenvalue weighted by atomic mass is 35.5. The van der Waals surface area contributed by atoms with Crippen LogP contribution in [-0.4, -0.2) is 46.4 Å². The number of amides is 2. The Morgan fingerprint density at radius 3 is 1.78 bits per heavy atom. The number of benzene rings is 4. The molecule has 0 unspecified atom stereocenters. The zero-order valence-corrected chi connectivity index (χ0v) is 24.3. The van der Waals surface area contributed by atoms with E-state index in [1.807, 2.05) is 55.5 Å². The van der Waals surface area contributed by atoms with Crippen molar-refractivity contribution in [2.75, 3.05) is 28.8 Å². The molecule has 8 heteroatoms. The Kier molecular flexibility index (Phi) is 7.47. The molecular formula is C33H32Cl2N2O4. The van der Waals surface area contributed by atoms with Gasteiger partial charge in [0.2, 0.25) is 11.8 Å². The topological polar surface area (TPSA) is 81.1 Å². The van der Waals surface area contributed by atoms with Crippen LogP contribution in [0, 0.1) is 0 Å². The fourth-order valence-corrected chi connectivity index (χ4v) is 7.04. The summed E-state index contributed by atoms with van der Waals surface area (Å²) in [5.74, 6) is 0.531. The van der Waals surface area contributed by atoms with Gasteiger partial charge >= 0.3 is 0 Å². The number of halogens is 2. The summed E-state index contributed by atoms with van der Waals surface area (Å²) in [4.78, 5) is 30.2. The van der Waals surface area contributed by atoms with Crippen molar-refractivity contribution in [2.24, 2.45) is 0 Å². The molecule has 212 valence electrons. The zero-order chi connectivity index (χ0) is 28.8. The number of phenols is 2. The van der Waals surface area contributed by atoms with Crippen molar-refractivity contribution in [3.63, 3.8) is 0 Å². The van der Waals surface area contributed by atoms with E-state index in [1.165, 1.54) is 0 Å². The number of fused-ring (bicyclic) bond motifs is 6. The van der Waals surface area contributed by atoms with Gasteiger partial charge in [-0.25, -0.2) is 0 Å². The van der Waals surface area contributed by atoms with E-state index in [0.29, 0.717) is 43.9 Å². The number of hydrogen-bond donors (Lipinski definition) is 2. The highest BCUT2D eigenvalue weighted by Crippen LogP contribution is 2.48. The first-order chi connectivity index (χ1) is 19.8. The third-order valence-electron chi connectivity index (χ3n) is 8.60. The first-order valence-corrected chi connectivity index (χ1v) is 15.1. The lowest BCUT2D eigenvalue weighted by molar-refractivity contribution is -0.120. The van der Waals surface area contributed by atoms with Gasteiger partial charge in [0.25, 0.3) is 0 Å². The van der Waals surface area contributed by atoms with Crippen LogP contribution in [0.5, 0.6) is 11.5 Å². The van der Waals surface area contributed by atoms with Crippen LogP contribution in [0.25, 0.3) is 21.5 Å². The van der Waals surface area contributed by atoms with E-state index in [9.17, 15) is 19.8 Å². The predicted octanol–water partition coefficient (Wildman–Crippen LogP) is 7.39. The smallest absolute Gasteiger partial charge is 0.227 e. The fraction of sp³-hybridized carbons (Fsp3) is 0.333. The van der Waals surface area contributed by atoms with E-state index in [2.05, 4.69) is 0 Å². The third kappa shape index (κ3) is 4.77. The molecule has 2 heterocycles. The van der Waals surface area contributed by atoms with Crippen molar-refractivity contribution >= 4 is 67.9 Å². The van der Waals surface area contributed by atoms with Crippen LogP contribution in [0.4, 0.5) is 11.4 Å². The molecule has 4 aromatic rings. The molecule has 0 fully saturated rings.